The molecule has 2 aromatic rings. The van der Waals surface area contributed by atoms with Gasteiger partial charge in [-0.25, -0.2) is 0 Å². The summed E-state index contributed by atoms with van der Waals surface area (Å²) < 4.78 is 6.06. The van der Waals surface area contributed by atoms with E-state index in [4.69, 9.17) is 4.74 Å². The van der Waals surface area contributed by atoms with Gasteiger partial charge in [0.15, 0.2) is 6.10 Å². The summed E-state index contributed by atoms with van der Waals surface area (Å²) in [5.74, 6) is 1.02. The molecule has 0 aliphatic carbocycles. The molecule has 0 heterocycles. The van der Waals surface area contributed by atoms with E-state index in [0.29, 0.717) is 5.92 Å². The van der Waals surface area contributed by atoms with E-state index in [1.165, 1.54) is 0 Å². The lowest BCUT2D eigenvalue weighted by atomic mass is 10.0. The van der Waals surface area contributed by atoms with Crippen LogP contribution in [0.2, 0.25) is 0 Å². The van der Waals surface area contributed by atoms with Crippen molar-refractivity contribution in [3.05, 3.63) is 58.7 Å². The third-order valence-corrected chi connectivity index (χ3v) is 4.71. The molecule has 0 aliphatic rings. The molecule has 1 unspecified atom stereocenters. The fourth-order valence-electron chi connectivity index (χ4n) is 3.09. The number of ether oxygens (including phenoxy) is 1. The van der Waals surface area contributed by atoms with Crippen LogP contribution in [0, 0.1) is 6.92 Å². The van der Waals surface area contributed by atoms with E-state index >= 15 is 0 Å². The van der Waals surface area contributed by atoms with Gasteiger partial charge in [0.2, 0.25) is 0 Å². The zero-order valence-electron chi connectivity index (χ0n) is 16.8. The predicted molar refractivity (Wildman–Crippen MR) is 109 cm³/mol. The summed E-state index contributed by atoms with van der Waals surface area (Å²) in [6.07, 6.45) is 1.20. The van der Waals surface area contributed by atoms with Gasteiger partial charge in [-0.1, -0.05) is 58.0 Å². The molecule has 0 aromatic heterocycles. The molecule has 1 N–H and O–H groups in total. The summed E-state index contributed by atoms with van der Waals surface area (Å²) >= 11 is 0. The molecule has 0 aliphatic heterocycles. The number of anilines is 1. The maximum absolute atomic E-state index is 12.8. The second-order valence-corrected chi connectivity index (χ2v) is 7.10. The summed E-state index contributed by atoms with van der Waals surface area (Å²) in [5.41, 5.74) is 5.50. The number of aryl methyl sites for hydroxylation is 3. The lowest BCUT2D eigenvalue weighted by Gasteiger charge is -2.21. The van der Waals surface area contributed by atoms with E-state index in [2.05, 4.69) is 63.3 Å². The Morgan fingerprint density at radius 1 is 1.04 bits per heavy atom. The van der Waals surface area contributed by atoms with Crippen molar-refractivity contribution in [2.45, 2.75) is 66.4 Å². The average molecular weight is 354 g/mol. The number of nitrogens with one attached hydrogen (secondary N) is 1. The highest BCUT2D eigenvalue weighted by Gasteiger charge is 2.19. The number of carbonyl (C=O) groups is 1. The van der Waals surface area contributed by atoms with Crippen molar-refractivity contribution in [3.63, 3.8) is 0 Å². The first-order valence-corrected chi connectivity index (χ1v) is 9.56. The maximum atomic E-state index is 12.8. The average Bonchev–Trinajstić information content (AvgIpc) is 2.61. The lowest BCUT2D eigenvalue weighted by Crippen LogP contribution is -2.31. The predicted octanol–water partition coefficient (Wildman–Crippen LogP) is 5.65. The van der Waals surface area contributed by atoms with Gasteiger partial charge in [-0.2, -0.15) is 0 Å². The van der Waals surface area contributed by atoms with E-state index in [1.54, 1.807) is 0 Å². The van der Waals surface area contributed by atoms with Crippen LogP contribution in [0.1, 0.15) is 62.8 Å². The molecule has 1 atom stereocenters. The molecule has 2 rings (SSSR count). The van der Waals surface area contributed by atoms with Crippen molar-refractivity contribution in [1.82, 2.24) is 0 Å². The monoisotopic (exact) mass is 353 g/mol. The Morgan fingerprint density at radius 2 is 1.65 bits per heavy atom. The molecule has 0 fully saturated rings. The molecule has 3 nitrogen and oxygen atoms in total. The fraction of sp³-hybridized carbons (Fsp3) is 0.435. The van der Waals surface area contributed by atoms with Gasteiger partial charge >= 0.3 is 0 Å². The minimum Gasteiger partial charge on any atom is -0.481 e. The maximum Gasteiger partial charge on any atom is 0.265 e. The van der Waals surface area contributed by atoms with Gasteiger partial charge in [-0.3, -0.25) is 4.79 Å². The van der Waals surface area contributed by atoms with Crippen LogP contribution < -0.4 is 10.1 Å². The van der Waals surface area contributed by atoms with Crippen molar-refractivity contribution in [3.8, 4) is 5.75 Å². The standard InChI is InChI=1S/C23H31NO2/c1-7-18-10-9-11-19(8-2)22(18)24-23(25)17(6)26-21-14-16(5)12-13-20(21)15(3)4/h9-15,17H,7-8H2,1-6H3,(H,24,25). The first-order chi connectivity index (χ1) is 12.4. The van der Waals surface area contributed by atoms with Crippen molar-refractivity contribution in [2.75, 3.05) is 5.32 Å². The van der Waals surface area contributed by atoms with Crippen LogP contribution in [0.25, 0.3) is 0 Å². The van der Waals surface area contributed by atoms with Crippen molar-refractivity contribution >= 4 is 11.6 Å². The van der Waals surface area contributed by atoms with Crippen LogP contribution >= 0.6 is 0 Å². The Bertz CT molecular complexity index is 743. The van der Waals surface area contributed by atoms with Crippen LogP contribution in [0.4, 0.5) is 5.69 Å². The number of hydrogen-bond acceptors (Lipinski definition) is 2. The fourth-order valence-corrected chi connectivity index (χ4v) is 3.09. The Labute approximate surface area is 157 Å². The molecular formula is C23H31NO2. The molecule has 3 heteroatoms. The SMILES string of the molecule is CCc1cccc(CC)c1NC(=O)C(C)Oc1cc(C)ccc1C(C)C. The molecule has 1 amide bonds. The van der Waals surface area contributed by atoms with E-state index in [1.807, 2.05) is 19.9 Å². The Balaban J connectivity index is 2.21. The Kier molecular flexibility index (Phi) is 6.84. The minimum atomic E-state index is -0.566. The molecular weight excluding hydrogens is 322 g/mol. The van der Waals surface area contributed by atoms with Gasteiger partial charge in [0, 0.05) is 5.69 Å². The highest BCUT2D eigenvalue weighted by atomic mass is 16.5. The molecule has 0 saturated carbocycles. The van der Waals surface area contributed by atoms with Crippen LogP contribution in [-0.2, 0) is 17.6 Å². The Hall–Kier alpha value is -2.29. The molecule has 0 bridgehead atoms. The van der Waals surface area contributed by atoms with E-state index in [-0.39, 0.29) is 5.91 Å². The molecule has 26 heavy (non-hydrogen) atoms. The van der Waals surface area contributed by atoms with Gasteiger partial charge in [-0.15, -0.1) is 0 Å². The van der Waals surface area contributed by atoms with Crippen molar-refractivity contribution in [1.29, 1.82) is 0 Å². The first-order valence-electron chi connectivity index (χ1n) is 9.56. The third kappa shape index (κ3) is 4.66. The lowest BCUT2D eigenvalue weighted by molar-refractivity contribution is -0.122. The van der Waals surface area contributed by atoms with Crippen molar-refractivity contribution in [2.24, 2.45) is 0 Å². The van der Waals surface area contributed by atoms with E-state index < -0.39 is 6.10 Å². The number of amides is 1. The number of benzene rings is 2. The third-order valence-electron chi connectivity index (χ3n) is 4.71. The van der Waals surface area contributed by atoms with Gasteiger partial charge in [0.25, 0.3) is 5.91 Å². The molecule has 2 aromatic carbocycles. The number of rotatable bonds is 7. The molecule has 0 saturated heterocycles. The Morgan fingerprint density at radius 3 is 2.19 bits per heavy atom. The highest BCUT2D eigenvalue weighted by molar-refractivity contribution is 5.95. The smallest absolute Gasteiger partial charge is 0.265 e. The summed E-state index contributed by atoms with van der Waals surface area (Å²) in [6.45, 7) is 12.3. The van der Waals surface area contributed by atoms with Gasteiger partial charge < -0.3 is 10.1 Å². The molecule has 0 spiro atoms. The zero-order valence-corrected chi connectivity index (χ0v) is 16.8. The molecule has 0 radical (unpaired) electrons. The second-order valence-electron chi connectivity index (χ2n) is 7.10. The van der Waals surface area contributed by atoms with Crippen LogP contribution in [-0.4, -0.2) is 12.0 Å². The number of para-hydroxylation sites is 1. The first kappa shape index (κ1) is 20.0. The highest BCUT2D eigenvalue weighted by Crippen LogP contribution is 2.29. The van der Waals surface area contributed by atoms with E-state index in [9.17, 15) is 4.79 Å². The second kappa shape index (κ2) is 8.88. The molecule has 140 valence electrons. The number of hydrogen-bond donors (Lipinski definition) is 1. The van der Waals surface area contributed by atoms with Gasteiger partial charge in [-0.05, 0) is 60.9 Å². The van der Waals surface area contributed by atoms with Crippen LogP contribution in [0.5, 0.6) is 5.75 Å². The topological polar surface area (TPSA) is 38.3 Å². The summed E-state index contributed by atoms with van der Waals surface area (Å²) in [4.78, 5) is 12.8. The largest absolute Gasteiger partial charge is 0.481 e. The zero-order chi connectivity index (χ0) is 19.3. The van der Waals surface area contributed by atoms with Crippen molar-refractivity contribution < 1.29 is 9.53 Å². The van der Waals surface area contributed by atoms with Crippen LogP contribution in [0.15, 0.2) is 36.4 Å². The number of carbonyl (C=O) groups excluding carboxylic acids is 1. The van der Waals surface area contributed by atoms with E-state index in [0.717, 1.165) is 46.5 Å². The van der Waals surface area contributed by atoms with Gasteiger partial charge in [0.1, 0.15) is 5.75 Å². The minimum absolute atomic E-state index is 0.114. The summed E-state index contributed by atoms with van der Waals surface area (Å²) in [6, 6.07) is 12.4. The quantitative estimate of drug-likeness (QED) is 0.698. The van der Waals surface area contributed by atoms with Gasteiger partial charge in [0.05, 0.1) is 0 Å². The normalized spacial score (nSPS) is 12.1. The summed E-state index contributed by atoms with van der Waals surface area (Å²) in [5, 5.41) is 3.10. The summed E-state index contributed by atoms with van der Waals surface area (Å²) in [7, 11) is 0. The van der Waals surface area contributed by atoms with Crippen LogP contribution in [0.3, 0.4) is 0 Å².